The predicted molar refractivity (Wildman–Crippen MR) is 75.7 cm³/mol. The molecule has 0 saturated heterocycles. The topological polar surface area (TPSA) is 86.7 Å². The summed E-state index contributed by atoms with van der Waals surface area (Å²) < 4.78 is 0. The summed E-state index contributed by atoms with van der Waals surface area (Å²) in [5.41, 5.74) is 1.75. The summed E-state index contributed by atoms with van der Waals surface area (Å²) in [5, 5.41) is 19.9. The van der Waals surface area contributed by atoms with Crippen LogP contribution in [0.25, 0.3) is 0 Å². The van der Waals surface area contributed by atoms with E-state index in [1.54, 1.807) is 19.3 Å². The number of rotatable bonds is 4. The van der Waals surface area contributed by atoms with Crippen molar-refractivity contribution in [3.63, 3.8) is 0 Å². The molecule has 20 heavy (non-hydrogen) atoms. The highest BCUT2D eigenvalue weighted by atomic mass is 16.3. The highest BCUT2D eigenvalue weighted by Crippen LogP contribution is 2.33. The summed E-state index contributed by atoms with van der Waals surface area (Å²) in [6.07, 6.45) is 7.66. The molecule has 1 aliphatic carbocycles. The number of nitrogens with zero attached hydrogens (tertiary/aromatic N) is 3. The Morgan fingerprint density at radius 3 is 2.70 bits per heavy atom. The quantitative estimate of drug-likeness (QED) is 0.797. The van der Waals surface area contributed by atoms with Gasteiger partial charge < -0.3 is 10.4 Å². The summed E-state index contributed by atoms with van der Waals surface area (Å²) in [4.78, 5) is 8.36. The van der Waals surface area contributed by atoms with Crippen molar-refractivity contribution in [2.45, 2.75) is 44.6 Å². The molecule has 1 fully saturated rings. The summed E-state index contributed by atoms with van der Waals surface area (Å²) in [5.74, 6) is 1.99. The predicted octanol–water partition coefficient (Wildman–Crippen LogP) is 2.65. The molecular weight excluding hydrogens is 254 g/mol. The van der Waals surface area contributed by atoms with E-state index in [9.17, 15) is 5.11 Å². The van der Waals surface area contributed by atoms with E-state index in [1.165, 1.54) is 31.4 Å². The van der Waals surface area contributed by atoms with E-state index in [0.717, 1.165) is 5.82 Å². The number of H-pyrrole nitrogens is 1. The van der Waals surface area contributed by atoms with Crippen molar-refractivity contribution in [2.24, 2.45) is 0 Å². The first kappa shape index (κ1) is 13.1. The molecule has 3 rings (SSSR count). The van der Waals surface area contributed by atoms with Crippen molar-refractivity contribution in [3.05, 3.63) is 29.8 Å². The molecule has 6 heteroatoms. The number of anilines is 2. The van der Waals surface area contributed by atoms with Crippen LogP contribution in [-0.4, -0.2) is 25.3 Å². The molecular formula is C14H19N5O. The standard InChI is InChI=1S/C14H19N5O/c1-9(20)12-7-16-14(8-15-12)17-13-6-11(18-19-13)10-4-2-3-5-10/h6-10,20H,2-5H2,1H3,(H2,16,17,18,19). The van der Waals surface area contributed by atoms with Crippen LogP contribution in [0.1, 0.15) is 56.0 Å². The zero-order valence-corrected chi connectivity index (χ0v) is 11.5. The minimum Gasteiger partial charge on any atom is -0.387 e. The molecule has 3 N–H and O–H groups in total. The van der Waals surface area contributed by atoms with E-state index in [-0.39, 0.29) is 0 Å². The summed E-state index contributed by atoms with van der Waals surface area (Å²) in [6.45, 7) is 1.67. The summed E-state index contributed by atoms with van der Waals surface area (Å²) >= 11 is 0. The van der Waals surface area contributed by atoms with Gasteiger partial charge in [-0.15, -0.1) is 0 Å². The van der Waals surface area contributed by atoms with Crippen molar-refractivity contribution in [1.82, 2.24) is 20.2 Å². The fraction of sp³-hybridized carbons (Fsp3) is 0.500. The van der Waals surface area contributed by atoms with Gasteiger partial charge in [-0.25, -0.2) is 4.98 Å². The number of aromatic nitrogens is 4. The minimum atomic E-state index is -0.601. The van der Waals surface area contributed by atoms with Crippen LogP contribution in [-0.2, 0) is 0 Å². The highest BCUT2D eigenvalue weighted by molar-refractivity contribution is 5.50. The molecule has 1 saturated carbocycles. The van der Waals surface area contributed by atoms with Crippen molar-refractivity contribution < 1.29 is 5.11 Å². The summed E-state index contributed by atoms with van der Waals surface area (Å²) in [7, 11) is 0. The molecule has 106 valence electrons. The Labute approximate surface area is 117 Å². The highest BCUT2D eigenvalue weighted by Gasteiger charge is 2.19. The van der Waals surface area contributed by atoms with Crippen molar-refractivity contribution in [2.75, 3.05) is 5.32 Å². The van der Waals surface area contributed by atoms with E-state index in [4.69, 9.17) is 0 Å². The number of nitrogens with one attached hydrogen (secondary N) is 2. The maximum absolute atomic E-state index is 9.39. The third kappa shape index (κ3) is 2.80. The maximum atomic E-state index is 9.39. The average Bonchev–Trinajstić information content (AvgIpc) is 3.09. The molecule has 6 nitrogen and oxygen atoms in total. The molecule has 0 aliphatic heterocycles. The van der Waals surface area contributed by atoms with E-state index in [1.807, 2.05) is 6.07 Å². The van der Waals surface area contributed by atoms with Gasteiger partial charge in [-0.1, -0.05) is 12.8 Å². The van der Waals surface area contributed by atoms with E-state index < -0.39 is 6.10 Å². The first-order chi connectivity index (χ1) is 9.72. The van der Waals surface area contributed by atoms with Crippen LogP contribution in [0.3, 0.4) is 0 Å². The largest absolute Gasteiger partial charge is 0.387 e. The molecule has 0 spiro atoms. The first-order valence-electron chi connectivity index (χ1n) is 7.04. The van der Waals surface area contributed by atoms with Gasteiger partial charge in [-0.3, -0.25) is 10.1 Å². The number of hydrogen-bond acceptors (Lipinski definition) is 5. The molecule has 1 atom stereocenters. The van der Waals surface area contributed by atoms with Crippen LogP contribution >= 0.6 is 0 Å². The van der Waals surface area contributed by atoms with E-state index in [0.29, 0.717) is 17.4 Å². The van der Waals surface area contributed by atoms with Gasteiger partial charge in [0.25, 0.3) is 0 Å². The Hall–Kier alpha value is -1.95. The Morgan fingerprint density at radius 1 is 1.25 bits per heavy atom. The zero-order chi connectivity index (χ0) is 13.9. The number of aliphatic hydroxyl groups excluding tert-OH is 1. The number of aromatic amines is 1. The fourth-order valence-corrected chi connectivity index (χ4v) is 2.60. The molecule has 0 amide bonds. The molecule has 0 bridgehead atoms. The molecule has 2 aromatic rings. The zero-order valence-electron chi connectivity index (χ0n) is 11.5. The molecule has 1 unspecified atom stereocenters. The number of aliphatic hydroxyl groups is 1. The SMILES string of the molecule is CC(O)c1cnc(Nc2cc(C3CCCC3)[nH]n2)cn1. The van der Waals surface area contributed by atoms with Gasteiger partial charge in [0.15, 0.2) is 5.82 Å². The second-order valence-electron chi connectivity index (χ2n) is 5.32. The van der Waals surface area contributed by atoms with Gasteiger partial charge in [-0.2, -0.15) is 5.10 Å². The average molecular weight is 273 g/mol. The second-order valence-corrected chi connectivity index (χ2v) is 5.32. The van der Waals surface area contributed by atoms with Crippen LogP contribution in [0.4, 0.5) is 11.6 Å². The lowest BCUT2D eigenvalue weighted by Gasteiger charge is -2.05. The Bertz CT molecular complexity index is 557. The maximum Gasteiger partial charge on any atom is 0.153 e. The third-order valence-corrected chi connectivity index (χ3v) is 3.75. The molecule has 1 aliphatic rings. The minimum absolute atomic E-state index is 0.559. The van der Waals surface area contributed by atoms with E-state index >= 15 is 0 Å². The lowest BCUT2D eigenvalue weighted by atomic mass is 10.0. The molecule has 0 aromatic carbocycles. The second kappa shape index (κ2) is 5.58. The van der Waals surface area contributed by atoms with Crippen LogP contribution in [0.2, 0.25) is 0 Å². The van der Waals surface area contributed by atoms with Gasteiger partial charge in [0.2, 0.25) is 0 Å². The Morgan fingerprint density at radius 2 is 2.05 bits per heavy atom. The van der Waals surface area contributed by atoms with Crippen molar-refractivity contribution >= 4 is 11.6 Å². The smallest absolute Gasteiger partial charge is 0.153 e. The monoisotopic (exact) mass is 273 g/mol. The van der Waals surface area contributed by atoms with Crippen molar-refractivity contribution in [1.29, 1.82) is 0 Å². The van der Waals surface area contributed by atoms with E-state index in [2.05, 4.69) is 25.5 Å². The fourth-order valence-electron chi connectivity index (χ4n) is 2.60. The lowest BCUT2D eigenvalue weighted by molar-refractivity contribution is 0.194. The lowest BCUT2D eigenvalue weighted by Crippen LogP contribution is -2.00. The van der Waals surface area contributed by atoms with Crippen LogP contribution < -0.4 is 5.32 Å². The van der Waals surface area contributed by atoms with Crippen LogP contribution in [0.5, 0.6) is 0 Å². The molecule has 0 radical (unpaired) electrons. The van der Waals surface area contributed by atoms with Gasteiger partial charge >= 0.3 is 0 Å². The molecule has 2 heterocycles. The van der Waals surface area contributed by atoms with Gasteiger partial charge in [0, 0.05) is 17.7 Å². The third-order valence-electron chi connectivity index (χ3n) is 3.75. The first-order valence-corrected chi connectivity index (χ1v) is 7.04. The van der Waals surface area contributed by atoms with Gasteiger partial charge in [0.1, 0.15) is 5.82 Å². The summed E-state index contributed by atoms with van der Waals surface area (Å²) in [6, 6.07) is 2.04. The van der Waals surface area contributed by atoms with Crippen molar-refractivity contribution in [3.8, 4) is 0 Å². The Balaban J connectivity index is 1.68. The molecule has 2 aromatic heterocycles. The van der Waals surface area contributed by atoms with Crippen LogP contribution in [0, 0.1) is 0 Å². The van der Waals surface area contributed by atoms with Gasteiger partial charge in [-0.05, 0) is 19.8 Å². The Kier molecular flexibility index (Phi) is 3.64. The number of hydrogen-bond donors (Lipinski definition) is 3. The van der Waals surface area contributed by atoms with Crippen LogP contribution in [0.15, 0.2) is 18.5 Å². The van der Waals surface area contributed by atoms with Gasteiger partial charge in [0.05, 0.1) is 24.2 Å². The normalized spacial score (nSPS) is 17.3.